The average molecular weight is 306 g/mol. The van der Waals surface area contributed by atoms with Gasteiger partial charge in [-0.1, -0.05) is 6.07 Å². The van der Waals surface area contributed by atoms with Gasteiger partial charge in [0, 0.05) is 38.7 Å². The fourth-order valence-electron chi connectivity index (χ4n) is 2.46. The predicted molar refractivity (Wildman–Crippen MR) is 87.2 cm³/mol. The molecule has 0 saturated carbocycles. The van der Waals surface area contributed by atoms with Crippen LogP contribution in [0.2, 0.25) is 0 Å². The van der Waals surface area contributed by atoms with Crippen molar-refractivity contribution in [1.29, 1.82) is 0 Å². The summed E-state index contributed by atoms with van der Waals surface area (Å²) in [6.07, 6.45) is 1.90. The van der Waals surface area contributed by atoms with Crippen LogP contribution >= 0.6 is 0 Å². The van der Waals surface area contributed by atoms with Crippen LogP contribution in [0.1, 0.15) is 19.8 Å². The van der Waals surface area contributed by atoms with E-state index in [1.54, 1.807) is 6.92 Å². The summed E-state index contributed by atoms with van der Waals surface area (Å²) in [7, 11) is 4.03. The Bertz CT molecular complexity index is 485. The second kappa shape index (κ2) is 7.98. The molecule has 0 aromatic carbocycles. The Morgan fingerprint density at radius 3 is 2.77 bits per heavy atom. The molecule has 1 saturated heterocycles. The van der Waals surface area contributed by atoms with E-state index in [1.165, 1.54) is 0 Å². The lowest BCUT2D eigenvalue weighted by Crippen LogP contribution is -2.41. The maximum atomic E-state index is 11.3. The third kappa shape index (κ3) is 5.18. The average Bonchev–Trinajstić information content (AvgIpc) is 2.48. The van der Waals surface area contributed by atoms with Gasteiger partial charge >= 0.3 is 0 Å². The van der Waals surface area contributed by atoms with Crippen molar-refractivity contribution >= 4 is 11.7 Å². The number of nitrogens with one attached hydrogen (secondary N) is 1. The van der Waals surface area contributed by atoms with E-state index in [4.69, 9.17) is 4.74 Å². The molecule has 1 aliphatic rings. The molecule has 1 aromatic heterocycles. The summed E-state index contributed by atoms with van der Waals surface area (Å²) < 4.78 is 5.65. The lowest BCUT2D eigenvalue weighted by atomic mass is 10.1. The van der Waals surface area contributed by atoms with Crippen LogP contribution in [-0.4, -0.2) is 67.1 Å². The molecule has 0 unspecified atom stereocenters. The molecule has 1 aliphatic heterocycles. The Morgan fingerprint density at radius 2 is 2.14 bits per heavy atom. The number of ether oxygens (including phenoxy) is 1. The summed E-state index contributed by atoms with van der Waals surface area (Å²) in [6.45, 7) is 4.74. The molecule has 2 rings (SSSR count). The maximum absolute atomic E-state index is 11.3. The van der Waals surface area contributed by atoms with E-state index in [2.05, 4.69) is 15.2 Å². The monoisotopic (exact) mass is 306 g/mol. The summed E-state index contributed by atoms with van der Waals surface area (Å²) in [4.78, 5) is 19.8. The van der Waals surface area contributed by atoms with Crippen molar-refractivity contribution in [3.8, 4) is 5.88 Å². The number of likely N-dealkylation sites (N-methyl/N-ethyl adjacent to an activating group) is 1. The quantitative estimate of drug-likeness (QED) is 0.862. The van der Waals surface area contributed by atoms with Gasteiger partial charge in [0.25, 0.3) is 0 Å². The van der Waals surface area contributed by atoms with E-state index in [9.17, 15) is 4.79 Å². The van der Waals surface area contributed by atoms with Crippen molar-refractivity contribution in [3.05, 3.63) is 18.2 Å². The molecule has 0 aliphatic carbocycles. The van der Waals surface area contributed by atoms with E-state index in [0.717, 1.165) is 38.3 Å². The highest BCUT2D eigenvalue weighted by Crippen LogP contribution is 2.17. The Labute approximate surface area is 132 Å². The SMILES string of the molecule is CC(=O)N1CCC(Nc2cccc(OCCN(C)C)n2)CC1. The highest BCUT2D eigenvalue weighted by atomic mass is 16.5. The molecule has 0 atom stereocenters. The second-order valence-corrected chi connectivity index (χ2v) is 5.94. The van der Waals surface area contributed by atoms with Gasteiger partial charge in [-0.05, 0) is 33.0 Å². The number of pyridine rings is 1. The molecule has 1 amide bonds. The summed E-state index contributed by atoms with van der Waals surface area (Å²) >= 11 is 0. The van der Waals surface area contributed by atoms with Gasteiger partial charge in [0.2, 0.25) is 11.8 Å². The van der Waals surface area contributed by atoms with Crippen molar-refractivity contribution in [2.45, 2.75) is 25.8 Å². The van der Waals surface area contributed by atoms with Gasteiger partial charge in [-0.15, -0.1) is 0 Å². The van der Waals surface area contributed by atoms with Crippen molar-refractivity contribution in [2.75, 3.05) is 45.7 Å². The lowest BCUT2D eigenvalue weighted by molar-refractivity contribution is -0.129. The topological polar surface area (TPSA) is 57.7 Å². The number of aromatic nitrogens is 1. The minimum absolute atomic E-state index is 0.160. The Kier molecular flexibility index (Phi) is 6.00. The van der Waals surface area contributed by atoms with Crippen LogP contribution in [0.4, 0.5) is 5.82 Å². The van der Waals surface area contributed by atoms with Crippen LogP contribution in [-0.2, 0) is 4.79 Å². The van der Waals surface area contributed by atoms with Crippen LogP contribution in [0.5, 0.6) is 5.88 Å². The van der Waals surface area contributed by atoms with Crippen LogP contribution in [0.15, 0.2) is 18.2 Å². The first-order valence-corrected chi connectivity index (χ1v) is 7.81. The van der Waals surface area contributed by atoms with Gasteiger partial charge in [0.15, 0.2) is 0 Å². The zero-order valence-corrected chi connectivity index (χ0v) is 13.7. The molecular formula is C16H26N4O2. The first kappa shape index (κ1) is 16.5. The summed E-state index contributed by atoms with van der Waals surface area (Å²) in [5.74, 6) is 1.64. The highest BCUT2D eigenvalue weighted by Gasteiger charge is 2.20. The Balaban J connectivity index is 1.82. The molecule has 6 heteroatoms. The normalized spacial score (nSPS) is 15.9. The van der Waals surface area contributed by atoms with E-state index in [-0.39, 0.29) is 5.91 Å². The van der Waals surface area contributed by atoms with Crippen molar-refractivity contribution in [3.63, 3.8) is 0 Å². The first-order chi connectivity index (χ1) is 10.5. The van der Waals surface area contributed by atoms with Gasteiger partial charge in [0.1, 0.15) is 12.4 Å². The zero-order valence-electron chi connectivity index (χ0n) is 13.7. The largest absolute Gasteiger partial charge is 0.476 e. The van der Waals surface area contributed by atoms with E-state index in [0.29, 0.717) is 18.5 Å². The van der Waals surface area contributed by atoms with Crippen LogP contribution in [0.25, 0.3) is 0 Å². The van der Waals surface area contributed by atoms with Gasteiger partial charge in [-0.2, -0.15) is 4.98 Å². The van der Waals surface area contributed by atoms with E-state index < -0.39 is 0 Å². The van der Waals surface area contributed by atoms with Crippen LogP contribution < -0.4 is 10.1 Å². The molecule has 1 fully saturated rings. The lowest BCUT2D eigenvalue weighted by Gasteiger charge is -2.32. The fraction of sp³-hybridized carbons (Fsp3) is 0.625. The number of piperidine rings is 1. The molecular weight excluding hydrogens is 280 g/mol. The van der Waals surface area contributed by atoms with Gasteiger partial charge in [-0.3, -0.25) is 4.79 Å². The number of carbonyl (C=O) groups excluding carboxylic acids is 1. The standard InChI is InChI=1S/C16H26N4O2/c1-13(21)20-9-7-14(8-10-20)17-15-5-4-6-16(18-15)22-12-11-19(2)3/h4-6,14H,7-12H2,1-3H3,(H,17,18). The molecule has 0 spiro atoms. The molecule has 1 N–H and O–H groups in total. The van der Waals surface area contributed by atoms with E-state index in [1.807, 2.05) is 37.2 Å². The maximum Gasteiger partial charge on any atom is 0.219 e. The molecule has 0 radical (unpaired) electrons. The predicted octanol–water partition coefficient (Wildman–Crippen LogP) is 1.44. The third-order valence-corrected chi connectivity index (χ3v) is 3.80. The number of amides is 1. The molecule has 2 heterocycles. The Morgan fingerprint density at radius 1 is 1.41 bits per heavy atom. The van der Waals surface area contributed by atoms with Gasteiger partial charge < -0.3 is 19.9 Å². The second-order valence-electron chi connectivity index (χ2n) is 5.94. The number of nitrogens with zero attached hydrogens (tertiary/aromatic N) is 3. The van der Waals surface area contributed by atoms with Crippen LogP contribution in [0, 0.1) is 0 Å². The molecule has 122 valence electrons. The number of likely N-dealkylation sites (tertiary alicyclic amines) is 1. The summed E-state index contributed by atoms with van der Waals surface area (Å²) in [6, 6.07) is 6.14. The van der Waals surface area contributed by atoms with Gasteiger partial charge in [-0.25, -0.2) is 0 Å². The first-order valence-electron chi connectivity index (χ1n) is 7.81. The minimum atomic E-state index is 0.160. The Hall–Kier alpha value is -1.82. The van der Waals surface area contributed by atoms with Crippen molar-refractivity contribution in [2.24, 2.45) is 0 Å². The molecule has 0 bridgehead atoms. The molecule has 22 heavy (non-hydrogen) atoms. The number of anilines is 1. The van der Waals surface area contributed by atoms with Crippen molar-refractivity contribution in [1.82, 2.24) is 14.8 Å². The zero-order chi connectivity index (χ0) is 15.9. The van der Waals surface area contributed by atoms with Crippen LogP contribution in [0.3, 0.4) is 0 Å². The highest BCUT2D eigenvalue weighted by molar-refractivity contribution is 5.73. The third-order valence-electron chi connectivity index (χ3n) is 3.80. The van der Waals surface area contributed by atoms with Gasteiger partial charge in [0.05, 0.1) is 0 Å². The number of hydrogen-bond donors (Lipinski definition) is 1. The van der Waals surface area contributed by atoms with E-state index >= 15 is 0 Å². The molecule has 6 nitrogen and oxygen atoms in total. The summed E-state index contributed by atoms with van der Waals surface area (Å²) in [5.41, 5.74) is 0. The summed E-state index contributed by atoms with van der Waals surface area (Å²) in [5, 5.41) is 3.44. The smallest absolute Gasteiger partial charge is 0.219 e. The van der Waals surface area contributed by atoms with Crippen molar-refractivity contribution < 1.29 is 9.53 Å². The minimum Gasteiger partial charge on any atom is -0.476 e. The molecule has 1 aromatic rings. The fourth-order valence-corrected chi connectivity index (χ4v) is 2.46. The number of rotatable bonds is 6. The number of hydrogen-bond acceptors (Lipinski definition) is 5. The number of carbonyl (C=O) groups is 1.